The normalized spacial score (nSPS) is 11.2. The summed E-state index contributed by atoms with van der Waals surface area (Å²) in [5.41, 5.74) is 2.92. The fourth-order valence-corrected chi connectivity index (χ4v) is 3.41. The van der Waals surface area contributed by atoms with E-state index in [2.05, 4.69) is 41.4 Å². The summed E-state index contributed by atoms with van der Waals surface area (Å²) < 4.78 is 3.95. The van der Waals surface area contributed by atoms with Crippen molar-refractivity contribution in [2.75, 3.05) is 5.88 Å². The van der Waals surface area contributed by atoms with E-state index in [0.29, 0.717) is 17.3 Å². The lowest BCUT2D eigenvalue weighted by Gasteiger charge is -2.12. The Morgan fingerprint density at radius 1 is 1.14 bits per heavy atom. The van der Waals surface area contributed by atoms with Crippen LogP contribution in [0.1, 0.15) is 5.82 Å². The number of fused-ring (bicyclic) bond motifs is 1. The molecule has 0 amide bonds. The molecule has 6 heteroatoms. The van der Waals surface area contributed by atoms with E-state index < -0.39 is 0 Å². The molecule has 0 bridgehead atoms. The van der Waals surface area contributed by atoms with Crippen LogP contribution in [0.25, 0.3) is 16.7 Å². The van der Waals surface area contributed by atoms with Gasteiger partial charge in [0.1, 0.15) is 5.82 Å². The highest BCUT2D eigenvalue weighted by molar-refractivity contribution is 9.11. The number of hydrogen-bond donors (Lipinski definition) is 0. The molecule has 0 spiro atoms. The van der Waals surface area contributed by atoms with Crippen LogP contribution in [0.4, 0.5) is 0 Å². The van der Waals surface area contributed by atoms with Gasteiger partial charge in [-0.15, -0.1) is 11.6 Å². The highest BCUT2D eigenvalue weighted by Gasteiger charge is 2.15. The van der Waals surface area contributed by atoms with Gasteiger partial charge in [-0.05, 0) is 46.3 Å². The standard InChI is InChI=1S/C15H10Br2Cl2N2/c16-9-4-5-11-13(8-9)21(14(20-11)6-7-18)12-3-1-2-10(19)15(12)17/h1-5,8H,6-7H2. The molecule has 2 aromatic carbocycles. The molecule has 1 heterocycles. The molecule has 0 fully saturated rings. The fraction of sp³-hybridized carbons (Fsp3) is 0.133. The van der Waals surface area contributed by atoms with Gasteiger partial charge in [-0.25, -0.2) is 4.98 Å². The monoisotopic (exact) mass is 446 g/mol. The molecular weight excluding hydrogens is 439 g/mol. The molecule has 0 aliphatic rings. The first kappa shape index (κ1) is 15.3. The summed E-state index contributed by atoms with van der Waals surface area (Å²) in [6.45, 7) is 0. The van der Waals surface area contributed by atoms with Crippen LogP contribution in [0.15, 0.2) is 45.3 Å². The van der Waals surface area contributed by atoms with Crippen molar-refractivity contribution >= 4 is 66.1 Å². The van der Waals surface area contributed by atoms with Crippen LogP contribution >= 0.6 is 55.1 Å². The van der Waals surface area contributed by atoms with Gasteiger partial charge in [-0.1, -0.05) is 33.6 Å². The first-order chi connectivity index (χ1) is 10.1. The topological polar surface area (TPSA) is 17.8 Å². The minimum atomic E-state index is 0.517. The van der Waals surface area contributed by atoms with Crippen LogP contribution in [0, 0.1) is 0 Å². The van der Waals surface area contributed by atoms with Gasteiger partial charge in [-0.3, -0.25) is 4.57 Å². The van der Waals surface area contributed by atoms with E-state index in [4.69, 9.17) is 23.2 Å². The van der Waals surface area contributed by atoms with Crippen molar-refractivity contribution in [1.29, 1.82) is 0 Å². The van der Waals surface area contributed by atoms with Crippen LogP contribution in [0.3, 0.4) is 0 Å². The van der Waals surface area contributed by atoms with Crippen molar-refractivity contribution in [2.45, 2.75) is 6.42 Å². The molecule has 2 nitrogen and oxygen atoms in total. The lowest BCUT2D eigenvalue weighted by molar-refractivity contribution is 0.909. The Bertz CT molecular complexity index is 815. The number of halogens is 4. The van der Waals surface area contributed by atoms with E-state index in [0.717, 1.165) is 31.5 Å². The van der Waals surface area contributed by atoms with E-state index in [1.807, 2.05) is 36.4 Å². The van der Waals surface area contributed by atoms with E-state index in [9.17, 15) is 0 Å². The molecule has 0 unspecified atom stereocenters. The fourth-order valence-electron chi connectivity index (χ4n) is 2.28. The average molecular weight is 449 g/mol. The minimum absolute atomic E-state index is 0.517. The largest absolute Gasteiger partial charge is 0.295 e. The van der Waals surface area contributed by atoms with Crippen molar-refractivity contribution in [3.63, 3.8) is 0 Å². The third-order valence-corrected chi connectivity index (χ3v) is 5.24. The zero-order valence-electron chi connectivity index (χ0n) is 10.8. The van der Waals surface area contributed by atoms with E-state index >= 15 is 0 Å². The number of imidazole rings is 1. The molecule has 0 atom stereocenters. The highest BCUT2D eigenvalue weighted by Crippen LogP contribution is 2.33. The maximum Gasteiger partial charge on any atom is 0.115 e. The highest BCUT2D eigenvalue weighted by atomic mass is 79.9. The van der Waals surface area contributed by atoms with Crippen molar-refractivity contribution in [2.24, 2.45) is 0 Å². The molecule has 21 heavy (non-hydrogen) atoms. The Morgan fingerprint density at radius 2 is 1.95 bits per heavy atom. The Kier molecular flexibility index (Phi) is 4.60. The zero-order chi connectivity index (χ0) is 15.0. The Morgan fingerprint density at radius 3 is 2.71 bits per heavy atom. The first-order valence-electron chi connectivity index (χ1n) is 6.29. The van der Waals surface area contributed by atoms with Crippen LogP contribution in [-0.4, -0.2) is 15.4 Å². The van der Waals surface area contributed by atoms with Crippen LogP contribution in [-0.2, 0) is 6.42 Å². The third kappa shape index (κ3) is 2.87. The quantitative estimate of drug-likeness (QED) is 0.450. The molecule has 0 saturated carbocycles. The Labute approximate surface area is 149 Å². The third-order valence-electron chi connectivity index (χ3n) is 3.18. The van der Waals surface area contributed by atoms with Gasteiger partial charge in [0.05, 0.1) is 26.2 Å². The lowest BCUT2D eigenvalue weighted by Crippen LogP contribution is -2.03. The maximum absolute atomic E-state index is 6.23. The molecular formula is C15H10Br2Cl2N2. The Hall–Kier alpha value is -0.550. The second kappa shape index (κ2) is 6.29. The molecule has 108 valence electrons. The van der Waals surface area contributed by atoms with Gasteiger partial charge < -0.3 is 0 Å². The second-order valence-corrected chi connectivity index (χ2v) is 7.00. The lowest BCUT2D eigenvalue weighted by atomic mass is 10.2. The SMILES string of the molecule is ClCCc1nc2ccc(Br)cc2n1-c1cccc(Cl)c1Br. The molecule has 3 rings (SSSR count). The van der Waals surface area contributed by atoms with Gasteiger partial charge in [0.15, 0.2) is 0 Å². The van der Waals surface area contributed by atoms with Crippen molar-refractivity contribution < 1.29 is 0 Å². The van der Waals surface area contributed by atoms with Crippen LogP contribution in [0.2, 0.25) is 5.02 Å². The van der Waals surface area contributed by atoms with Crippen molar-refractivity contribution in [3.8, 4) is 5.69 Å². The number of alkyl halides is 1. The summed E-state index contributed by atoms with van der Waals surface area (Å²) in [5, 5.41) is 0.668. The van der Waals surface area contributed by atoms with Crippen LogP contribution in [0.5, 0.6) is 0 Å². The van der Waals surface area contributed by atoms with Gasteiger partial charge in [0.2, 0.25) is 0 Å². The number of aryl methyl sites for hydroxylation is 1. The molecule has 0 aliphatic carbocycles. The molecule has 0 aliphatic heterocycles. The summed E-state index contributed by atoms with van der Waals surface area (Å²) in [5.74, 6) is 1.43. The first-order valence-corrected chi connectivity index (χ1v) is 8.79. The van der Waals surface area contributed by atoms with E-state index in [-0.39, 0.29) is 0 Å². The number of rotatable bonds is 3. The average Bonchev–Trinajstić information content (AvgIpc) is 2.80. The summed E-state index contributed by atoms with van der Waals surface area (Å²) >= 11 is 19.2. The minimum Gasteiger partial charge on any atom is -0.295 e. The molecule has 1 aromatic heterocycles. The number of aromatic nitrogens is 2. The van der Waals surface area contributed by atoms with Gasteiger partial charge in [0.25, 0.3) is 0 Å². The smallest absolute Gasteiger partial charge is 0.115 e. The summed E-state index contributed by atoms with van der Waals surface area (Å²) in [6, 6.07) is 11.8. The van der Waals surface area contributed by atoms with Crippen molar-refractivity contribution in [1.82, 2.24) is 9.55 Å². The van der Waals surface area contributed by atoms with Gasteiger partial charge in [0, 0.05) is 16.8 Å². The van der Waals surface area contributed by atoms with E-state index in [1.165, 1.54) is 0 Å². The molecule has 0 N–H and O–H groups in total. The Balaban J connectivity index is 2.35. The molecule has 3 aromatic rings. The zero-order valence-corrected chi connectivity index (χ0v) is 15.5. The molecule has 0 radical (unpaired) electrons. The second-order valence-electron chi connectivity index (χ2n) is 4.51. The summed E-state index contributed by atoms with van der Waals surface area (Å²) in [7, 11) is 0. The number of benzene rings is 2. The van der Waals surface area contributed by atoms with E-state index in [1.54, 1.807) is 0 Å². The van der Waals surface area contributed by atoms with Gasteiger partial charge in [-0.2, -0.15) is 0 Å². The number of nitrogens with zero attached hydrogens (tertiary/aromatic N) is 2. The van der Waals surface area contributed by atoms with Crippen LogP contribution < -0.4 is 0 Å². The summed E-state index contributed by atoms with van der Waals surface area (Å²) in [6.07, 6.45) is 0.687. The van der Waals surface area contributed by atoms with Crippen molar-refractivity contribution in [3.05, 3.63) is 56.2 Å². The predicted octanol–water partition coefficient (Wildman–Crippen LogP) is 5.99. The number of hydrogen-bond acceptors (Lipinski definition) is 1. The maximum atomic E-state index is 6.23. The molecule has 0 saturated heterocycles. The van der Waals surface area contributed by atoms with Gasteiger partial charge >= 0.3 is 0 Å². The summed E-state index contributed by atoms with van der Waals surface area (Å²) in [4.78, 5) is 4.68. The predicted molar refractivity (Wildman–Crippen MR) is 95.9 cm³/mol.